The lowest BCUT2D eigenvalue weighted by atomic mass is 9.97. The number of hydrogen-bond acceptors (Lipinski definition) is 3. The van der Waals surface area contributed by atoms with Crippen LogP contribution in [0.4, 0.5) is 4.79 Å². The lowest BCUT2D eigenvalue weighted by Crippen LogP contribution is -2.48. The predicted octanol–water partition coefficient (Wildman–Crippen LogP) is 1.53. The van der Waals surface area contributed by atoms with E-state index in [1.807, 2.05) is 25.1 Å². The Morgan fingerprint density at radius 3 is 2.95 bits per heavy atom. The molecule has 6 nitrogen and oxygen atoms in total. The van der Waals surface area contributed by atoms with Gasteiger partial charge in [-0.3, -0.25) is 9.78 Å². The van der Waals surface area contributed by atoms with Gasteiger partial charge in [0.1, 0.15) is 0 Å². The summed E-state index contributed by atoms with van der Waals surface area (Å²) < 4.78 is 0. The van der Waals surface area contributed by atoms with Crippen LogP contribution in [-0.2, 0) is 11.3 Å². The Bertz CT molecular complexity index is 492. The topological polar surface area (TPSA) is 74.3 Å². The lowest BCUT2D eigenvalue weighted by molar-refractivity contribution is -0.126. The number of carbonyl (C=O) groups is 2. The maximum atomic E-state index is 12.2. The van der Waals surface area contributed by atoms with Crippen molar-refractivity contribution in [3.05, 3.63) is 30.1 Å². The molecule has 1 aromatic heterocycles. The molecule has 0 aliphatic carbocycles. The number of aromatic nitrogens is 1. The summed E-state index contributed by atoms with van der Waals surface area (Å²) in [5.74, 6) is -0.0371. The quantitative estimate of drug-likeness (QED) is 0.866. The van der Waals surface area contributed by atoms with Gasteiger partial charge < -0.3 is 15.5 Å². The maximum absolute atomic E-state index is 12.2. The Labute approximate surface area is 131 Å². The monoisotopic (exact) mass is 304 g/mol. The minimum absolute atomic E-state index is 0.0593. The summed E-state index contributed by atoms with van der Waals surface area (Å²) in [5, 5.41) is 5.78. The zero-order valence-corrected chi connectivity index (χ0v) is 13.0. The second-order valence-electron chi connectivity index (χ2n) is 5.56. The van der Waals surface area contributed by atoms with Gasteiger partial charge in [0.05, 0.1) is 18.2 Å². The molecule has 1 atom stereocenters. The van der Waals surface area contributed by atoms with E-state index < -0.39 is 0 Å². The first-order chi connectivity index (χ1) is 10.7. The molecule has 1 aromatic rings. The summed E-state index contributed by atoms with van der Waals surface area (Å²) in [5.41, 5.74) is 0.824. The van der Waals surface area contributed by atoms with Crippen LogP contribution in [0.5, 0.6) is 0 Å². The van der Waals surface area contributed by atoms with Gasteiger partial charge in [-0.15, -0.1) is 0 Å². The van der Waals surface area contributed by atoms with Gasteiger partial charge in [-0.05, 0) is 31.4 Å². The Morgan fingerprint density at radius 1 is 1.36 bits per heavy atom. The Hall–Kier alpha value is -2.11. The summed E-state index contributed by atoms with van der Waals surface area (Å²) in [6, 6.07) is 5.48. The van der Waals surface area contributed by atoms with Crippen LogP contribution in [0.15, 0.2) is 24.4 Å². The van der Waals surface area contributed by atoms with Crippen molar-refractivity contribution >= 4 is 11.9 Å². The minimum atomic E-state index is -0.126. The molecule has 22 heavy (non-hydrogen) atoms. The molecule has 0 saturated carbocycles. The van der Waals surface area contributed by atoms with Crippen LogP contribution in [0.1, 0.15) is 31.9 Å². The zero-order valence-electron chi connectivity index (χ0n) is 13.0. The first kappa shape index (κ1) is 16.3. The van der Waals surface area contributed by atoms with Crippen molar-refractivity contribution in [2.45, 2.75) is 32.7 Å². The number of carbonyl (C=O) groups excluding carboxylic acids is 2. The molecule has 1 fully saturated rings. The molecule has 1 saturated heterocycles. The van der Waals surface area contributed by atoms with Crippen LogP contribution in [0.2, 0.25) is 0 Å². The molecule has 2 rings (SSSR count). The van der Waals surface area contributed by atoms with Gasteiger partial charge in [-0.1, -0.05) is 13.0 Å². The van der Waals surface area contributed by atoms with E-state index in [2.05, 4.69) is 15.6 Å². The summed E-state index contributed by atoms with van der Waals surface area (Å²) >= 11 is 0. The van der Waals surface area contributed by atoms with Gasteiger partial charge in [0.15, 0.2) is 0 Å². The van der Waals surface area contributed by atoms with Crippen molar-refractivity contribution in [2.75, 3.05) is 19.6 Å². The van der Waals surface area contributed by atoms with E-state index in [1.165, 1.54) is 0 Å². The van der Waals surface area contributed by atoms with Gasteiger partial charge in [0.25, 0.3) is 0 Å². The molecule has 3 amide bonds. The Balaban J connectivity index is 1.81. The molecule has 0 aromatic carbocycles. The van der Waals surface area contributed by atoms with E-state index in [-0.39, 0.29) is 17.9 Å². The summed E-state index contributed by atoms with van der Waals surface area (Å²) in [4.78, 5) is 30.1. The Morgan fingerprint density at radius 2 is 2.23 bits per heavy atom. The lowest BCUT2D eigenvalue weighted by Gasteiger charge is -2.32. The molecule has 120 valence electrons. The molecule has 6 heteroatoms. The van der Waals surface area contributed by atoms with E-state index in [1.54, 1.807) is 11.1 Å². The molecule has 0 bridgehead atoms. The second kappa shape index (κ2) is 8.36. The van der Waals surface area contributed by atoms with E-state index in [9.17, 15) is 9.59 Å². The molecular formula is C16H24N4O2. The summed E-state index contributed by atoms with van der Waals surface area (Å²) in [6.07, 6.45) is 4.34. The van der Waals surface area contributed by atoms with Crippen molar-refractivity contribution in [3.8, 4) is 0 Å². The first-order valence-corrected chi connectivity index (χ1v) is 7.91. The first-order valence-electron chi connectivity index (χ1n) is 7.91. The zero-order chi connectivity index (χ0) is 15.8. The van der Waals surface area contributed by atoms with Crippen molar-refractivity contribution < 1.29 is 9.59 Å². The van der Waals surface area contributed by atoms with Crippen LogP contribution >= 0.6 is 0 Å². The normalized spacial score (nSPS) is 17.9. The predicted molar refractivity (Wildman–Crippen MR) is 84.1 cm³/mol. The molecule has 0 spiro atoms. The number of nitrogens with one attached hydrogen (secondary N) is 2. The fourth-order valence-electron chi connectivity index (χ4n) is 2.55. The highest BCUT2D eigenvalue weighted by Gasteiger charge is 2.28. The van der Waals surface area contributed by atoms with Crippen LogP contribution in [-0.4, -0.2) is 41.5 Å². The number of amides is 3. The summed E-state index contributed by atoms with van der Waals surface area (Å²) in [6.45, 7) is 4.32. The third-order valence-corrected chi connectivity index (χ3v) is 3.78. The van der Waals surface area contributed by atoms with Crippen LogP contribution in [0.3, 0.4) is 0 Å². The molecule has 1 aliphatic rings. The van der Waals surface area contributed by atoms with Crippen molar-refractivity contribution in [1.29, 1.82) is 0 Å². The number of pyridine rings is 1. The van der Waals surface area contributed by atoms with Crippen LogP contribution in [0.25, 0.3) is 0 Å². The highest BCUT2D eigenvalue weighted by atomic mass is 16.2. The average molecular weight is 304 g/mol. The van der Waals surface area contributed by atoms with E-state index in [0.717, 1.165) is 25.0 Å². The number of hydrogen-bond donors (Lipinski definition) is 2. The number of urea groups is 1. The number of nitrogens with zero attached hydrogens (tertiary/aromatic N) is 2. The van der Waals surface area contributed by atoms with Gasteiger partial charge in [-0.2, -0.15) is 0 Å². The molecule has 1 aliphatic heterocycles. The van der Waals surface area contributed by atoms with Crippen molar-refractivity contribution in [2.24, 2.45) is 5.92 Å². The highest BCUT2D eigenvalue weighted by molar-refractivity contribution is 5.80. The molecule has 1 unspecified atom stereocenters. The highest BCUT2D eigenvalue weighted by Crippen LogP contribution is 2.16. The SMILES string of the molecule is CCCNC(=O)C1CCCN(C(=O)NCc2ccccn2)C1. The number of rotatable bonds is 5. The standard InChI is InChI=1S/C16H24N4O2/c1-2-8-18-15(21)13-6-5-10-20(12-13)16(22)19-11-14-7-3-4-9-17-14/h3-4,7,9,13H,2,5-6,8,10-12H2,1H3,(H,18,21)(H,19,22). The molecule has 2 N–H and O–H groups in total. The van der Waals surface area contributed by atoms with Gasteiger partial charge in [0.2, 0.25) is 5.91 Å². The van der Waals surface area contributed by atoms with Gasteiger partial charge in [-0.25, -0.2) is 4.79 Å². The largest absolute Gasteiger partial charge is 0.356 e. The van der Waals surface area contributed by atoms with Gasteiger partial charge >= 0.3 is 6.03 Å². The fraction of sp³-hybridized carbons (Fsp3) is 0.562. The fourth-order valence-corrected chi connectivity index (χ4v) is 2.55. The van der Waals surface area contributed by atoms with Crippen LogP contribution < -0.4 is 10.6 Å². The van der Waals surface area contributed by atoms with E-state index in [0.29, 0.717) is 26.2 Å². The number of likely N-dealkylation sites (tertiary alicyclic amines) is 1. The molecule has 0 radical (unpaired) electrons. The molecular weight excluding hydrogens is 280 g/mol. The van der Waals surface area contributed by atoms with Gasteiger partial charge in [0, 0.05) is 25.8 Å². The third kappa shape index (κ3) is 4.72. The van der Waals surface area contributed by atoms with Crippen molar-refractivity contribution in [1.82, 2.24) is 20.5 Å². The number of piperidine rings is 1. The smallest absolute Gasteiger partial charge is 0.317 e. The van der Waals surface area contributed by atoms with Crippen LogP contribution in [0, 0.1) is 5.92 Å². The second-order valence-corrected chi connectivity index (χ2v) is 5.56. The van der Waals surface area contributed by atoms with Crippen molar-refractivity contribution in [3.63, 3.8) is 0 Å². The Kier molecular flexibility index (Phi) is 6.18. The minimum Gasteiger partial charge on any atom is -0.356 e. The third-order valence-electron chi connectivity index (χ3n) is 3.78. The summed E-state index contributed by atoms with van der Waals surface area (Å²) in [7, 11) is 0. The maximum Gasteiger partial charge on any atom is 0.317 e. The average Bonchev–Trinajstić information content (AvgIpc) is 2.58. The molecule has 2 heterocycles. The van der Waals surface area contributed by atoms with E-state index in [4.69, 9.17) is 0 Å². The van der Waals surface area contributed by atoms with E-state index >= 15 is 0 Å².